The topological polar surface area (TPSA) is 18.5 Å². The average molecular weight is 244 g/mol. The van der Waals surface area contributed by atoms with E-state index in [1.807, 2.05) is 0 Å². The summed E-state index contributed by atoms with van der Waals surface area (Å²) in [6, 6.07) is 0. The Kier molecular flexibility index (Phi) is 11.0. The number of ether oxygens (including phenoxy) is 2. The molecule has 0 N–H and O–H groups in total. The van der Waals surface area contributed by atoms with Gasteiger partial charge in [-0.05, 0) is 18.3 Å². The van der Waals surface area contributed by atoms with Crippen molar-refractivity contribution in [1.82, 2.24) is 0 Å². The van der Waals surface area contributed by atoms with Crippen LogP contribution < -0.4 is 0 Å². The highest BCUT2D eigenvalue weighted by Crippen LogP contribution is 2.22. The van der Waals surface area contributed by atoms with Crippen LogP contribution in [0.5, 0.6) is 0 Å². The zero-order chi connectivity index (χ0) is 13.0. The maximum Gasteiger partial charge on any atom is 0.146 e. The van der Waals surface area contributed by atoms with Crippen molar-refractivity contribution in [3.63, 3.8) is 0 Å². The zero-order valence-electron chi connectivity index (χ0n) is 12.4. The van der Waals surface area contributed by atoms with E-state index in [-0.39, 0.29) is 0 Å². The van der Waals surface area contributed by atoms with Crippen molar-refractivity contribution < 1.29 is 9.47 Å². The van der Waals surface area contributed by atoms with Crippen molar-refractivity contribution in [2.24, 2.45) is 5.41 Å². The van der Waals surface area contributed by atoms with Crippen molar-refractivity contribution in [1.29, 1.82) is 0 Å². The Labute approximate surface area is 108 Å². The molecule has 17 heavy (non-hydrogen) atoms. The Bertz CT molecular complexity index is 149. The van der Waals surface area contributed by atoms with Gasteiger partial charge in [0, 0.05) is 13.7 Å². The summed E-state index contributed by atoms with van der Waals surface area (Å²) < 4.78 is 10.1. The van der Waals surface area contributed by atoms with Crippen LogP contribution >= 0.6 is 0 Å². The Balaban J connectivity index is 2.99. The van der Waals surface area contributed by atoms with Crippen LogP contribution in [0, 0.1) is 5.41 Å². The van der Waals surface area contributed by atoms with E-state index < -0.39 is 0 Å². The van der Waals surface area contributed by atoms with E-state index >= 15 is 0 Å². The standard InChI is InChI=1S/C15H32O2/c1-15(2,3)12-10-8-6-5-7-9-11-13-17-14-16-4/h5-14H2,1-4H3. The summed E-state index contributed by atoms with van der Waals surface area (Å²) in [7, 11) is 1.66. The molecule has 0 aliphatic heterocycles. The third-order valence-electron chi connectivity index (χ3n) is 2.92. The Hall–Kier alpha value is -0.0800. The number of methoxy groups -OCH3 is 1. The van der Waals surface area contributed by atoms with Crippen LogP contribution in [0.15, 0.2) is 0 Å². The molecule has 104 valence electrons. The molecule has 2 nitrogen and oxygen atoms in total. The zero-order valence-corrected chi connectivity index (χ0v) is 12.4. The molecule has 0 fully saturated rings. The van der Waals surface area contributed by atoms with Crippen molar-refractivity contribution in [3.8, 4) is 0 Å². The van der Waals surface area contributed by atoms with Gasteiger partial charge in [-0.15, -0.1) is 0 Å². The fraction of sp³-hybridized carbons (Fsp3) is 1.00. The molecule has 0 aromatic rings. The molecule has 0 heterocycles. The smallest absolute Gasteiger partial charge is 0.146 e. The molecule has 0 aliphatic rings. The summed E-state index contributed by atoms with van der Waals surface area (Å²) in [6.45, 7) is 8.26. The largest absolute Gasteiger partial charge is 0.359 e. The van der Waals surface area contributed by atoms with Gasteiger partial charge in [0.2, 0.25) is 0 Å². The van der Waals surface area contributed by atoms with Gasteiger partial charge in [-0.3, -0.25) is 0 Å². The normalized spacial score (nSPS) is 12.0. The first-order valence-corrected chi connectivity index (χ1v) is 7.13. The van der Waals surface area contributed by atoms with Crippen LogP contribution in [0.1, 0.15) is 72.1 Å². The SMILES string of the molecule is COCOCCCCCCCCCC(C)(C)C. The van der Waals surface area contributed by atoms with Crippen molar-refractivity contribution >= 4 is 0 Å². The molecular formula is C15H32O2. The summed E-state index contributed by atoms with van der Waals surface area (Å²) in [6.07, 6.45) is 10.7. The number of hydrogen-bond donors (Lipinski definition) is 0. The van der Waals surface area contributed by atoms with Gasteiger partial charge in [0.25, 0.3) is 0 Å². The molecule has 0 spiro atoms. The van der Waals surface area contributed by atoms with Gasteiger partial charge in [0.15, 0.2) is 0 Å². The van der Waals surface area contributed by atoms with Crippen molar-refractivity contribution in [3.05, 3.63) is 0 Å². The highest BCUT2D eigenvalue weighted by molar-refractivity contribution is 4.60. The van der Waals surface area contributed by atoms with Crippen LogP contribution in [0.2, 0.25) is 0 Å². The van der Waals surface area contributed by atoms with E-state index in [4.69, 9.17) is 9.47 Å². The minimum atomic E-state index is 0.437. The first kappa shape index (κ1) is 16.9. The van der Waals surface area contributed by atoms with E-state index in [9.17, 15) is 0 Å². The minimum Gasteiger partial charge on any atom is -0.359 e. The number of rotatable bonds is 11. The Morgan fingerprint density at radius 3 is 1.82 bits per heavy atom. The summed E-state index contributed by atoms with van der Waals surface area (Å²) >= 11 is 0. The summed E-state index contributed by atoms with van der Waals surface area (Å²) in [5.41, 5.74) is 0.513. The van der Waals surface area contributed by atoms with E-state index in [1.165, 1.54) is 51.4 Å². The molecule has 0 unspecified atom stereocenters. The molecule has 0 amide bonds. The van der Waals surface area contributed by atoms with Gasteiger partial charge in [-0.2, -0.15) is 0 Å². The van der Waals surface area contributed by atoms with Crippen LogP contribution in [0.4, 0.5) is 0 Å². The lowest BCUT2D eigenvalue weighted by Gasteiger charge is -2.17. The Morgan fingerprint density at radius 2 is 1.29 bits per heavy atom. The molecule has 0 aliphatic carbocycles. The van der Waals surface area contributed by atoms with Crippen LogP contribution in [-0.2, 0) is 9.47 Å². The van der Waals surface area contributed by atoms with Crippen LogP contribution in [0.25, 0.3) is 0 Å². The van der Waals surface area contributed by atoms with Gasteiger partial charge < -0.3 is 9.47 Å². The second-order valence-corrected chi connectivity index (χ2v) is 6.10. The number of hydrogen-bond acceptors (Lipinski definition) is 2. The fourth-order valence-corrected chi connectivity index (χ4v) is 1.89. The minimum absolute atomic E-state index is 0.437. The van der Waals surface area contributed by atoms with E-state index in [2.05, 4.69) is 20.8 Å². The molecule has 0 radical (unpaired) electrons. The summed E-state index contributed by atoms with van der Waals surface area (Å²) in [5.74, 6) is 0. The first-order valence-electron chi connectivity index (χ1n) is 7.13. The quantitative estimate of drug-likeness (QED) is 0.385. The summed E-state index contributed by atoms with van der Waals surface area (Å²) in [4.78, 5) is 0. The molecule has 0 aromatic carbocycles. The second-order valence-electron chi connectivity index (χ2n) is 6.10. The second kappa shape index (κ2) is 11.0. The molecule has 0 saturated heterocycles. The molecule has 0 aromatic heterocycles. The van der Waals surface area contributed by atoms with Crippen molar-refractivity contribution in [2.75, 3.05) is 20.5 Å². The molecular weight excluding hydrogens is 212 g/mol. The third-order valence-corrected chi connectivity index (χ3v) is 2.92. The molecule has 0 bridgehead atoms. The van der Waals surface area contributed by atoms with Gasteiger partial charge in [-0.1, -0.05) is 59.3 Å². The average Bonchev–Trinajstić information content (AvgIpc) is 2.24. The maximum absolute atomic E-state index is 5.24. The van der Waals surface area contributed by atoms with E-state index in [1.54, 1.807) is 7.11 Å². The molecule has 2 heteroatoms. The first-order chi connectivity index (χ1) is 8.06. The monoisotopic (exact) mass is 244 g/mol. The lowest BCUT2D eigenvalue weighted by atomic mass is 9.89. The van der Waals surface area contributed by atoms with Gasteiger partial charge in [0.05, 0.1) is 0 Å². The van der Waals surface area contributed by atoms with E-state index in [0.717, 1.165) is 6.61 Å². The lowest BCUT2D eigenvalue weighted by Crippen LogP contribution is -2.03. The van der Waals surface area contributed by atoms with Crippen molar-refractivity contribution in [2.45, 2.75) is 72.1 Å². The molecule has 0 atom stereocenters. The van der Waals surface area contributed by atoms with Gasteiger partial charge in [0.1, 0.15) is 6.79 Å². The predicted molar refractivity (Wildman–Crippen MR) is 74.2 cm³/mol. The van der Waals surface area contributed by atoms with Crippen LogP contribution in [-0.4, -0.2) is 20.5 Å². The Morgan fingerprint density at radius 1 is 0.765 bits per heavy atom. The fourth-order valence-electron chi connectivity index (χ4n) is 1.89. The highest BCUT2D eigenvalue weighted by atomic mass is 16.7. The molecule has 0 rings (SSSR count). The van der Waals surface area contributed by atoms with E-state index in [0.29, 0.717) is 12.2 Å². The highest BCUT2D eigenvalue weighted by Gasteiger charge is 2.08. The third kappa shape index (κ3) is 15.9. The maximum atomic E-state index is 5.24. The molecule has 0 saturated carbocycles. The lowest BCUT2D eigenvalue weighted by molar-refractivity contribution is -0.0315. The van der Waals surface area contributed by atoms with Crippen LogP contribution in [0.3, 0.4) is 0 Å². The number of unbranched alkanes of at least 4 members (excludes halogenated alkanes) is 6. The predicted octanol–water partition coefficient (Wildman–Crippen LogP) is 4.77. The van der Waals surface area contributed by atoms with Gasteiger partial charge in [-0.25, -0.2) is 0 Å². The summed E-state index contributed by atoms with van der Waals surface area (Å²) in [5, 5.41) is 0. The van der Waals surface area contributed by atoms with Gasteiger partial charge >= 0.3 is 0 Å².